The van der Waals surface area contributed by atoms with E-state index in [2.05, 4.69) is 25.4 Å². The highest BCUT2D eigenvalue weighted by Gasteiger charge is 2.36. The molecule has 1 N–H and O–H groups in total. The van der Waals surface area contributed by atoms with Gasteiger partial charge >= 0.3 is 6.18 Å². The highest BCUT2D eigenvalue weighted by molar-refractivity contribution is 5.31. The largest absolute Gasteiger partial charge is 0.405 e. The second-order valence-electron chi connectivity index (χ2n) is 7.18. The summed E-state index contributed by atoms with van der Waals surface area (Å²) in [6.07, 6.45) is -0.0634. The lowest BCUT2D eigenvalue weighted by atomic mass is 10.4. The Morgan fingerprint density at radius 3 is 2.61 bits per heavy atom. The summed E-state index contributed by atoms with van der Waals surface area (Å²) in [4.78, 5) is 10.8. The zero-order valence-corrected chi connectivity index (χ0v) is 15.9. The van der Waals surface area contributed by atoms with E-state index in [4.69, 9.17) is 0 Å². The number of fused-ring (bicyclic) bond motifs is 1. The molecule has 0 spiro atoms. The van der Waals surface area contributed by atoms with Gasteiger partial charge < -0.3 is 4.90 Å². The van der Waals surface area contributed by atoms with E-state index in [-0.39, 0.29) is 0 Å². The van der Waals surface area contributed by atoms with Gasteiger partial charge in [-0.3, -0.25) is 10.4 Å². The fourth-order valence-electron chi connectivity index (χ4n) is 3.56. The number of hydrazine groups is 2. The molecule has 0 bridgehead atoms. The van der Waals surface area contributed by atoms with Crippen molar-refractivity contribution in [1.82, 2.24) is 40.0 Å². The van der Waals surface area contributed by atoms with Gasteiger partial charge in [-0.25, -0.2) is 9.50 Å². The van der Waals surface area contributed by atoms with Gasteiger partial charge in [0.1, 0.15) is 12.4 Å². The SMILES string of the molecule is Cc1cc(C)n2nc(CCN3C=C(N4CCCC4)NN3CC(F)(F)F)nc2n1. The van der Waals surface area contributed by atoms with Gasteiger partial charge in [0.15, 0.2) is 5.82 Å². The first-order chi connectivity index (χ1) is 13.3. The van der Waals surface area contributed by atoms with Crippen LogP contribution in [0, 0.1) is 13.8 Å². The predicted molar refractivity (Wildman–Crippen MR) is 95.5 cm³/mol. The van der Waals surface area contributed by atoms with Crippen molar-refractivity contribution in [2.45, 2.75) is 39.3 Å². The van der Waals surface area contributed by atoms with Crippen molar-refractivity contribution in [3.8, 4) is 0 Å². The van der Waals surface area contributed by atoms with Crippen LogP contribution in [-0.2, 0) is 6.42 Å². The molecule has 11 heteroatoms. The summed E-state index contributed by atoms with van der Waals surface area (Å²) in [5.74, 6) is 1.77. The molecule has 8 nitrogen and oxygen atoms in total. The normalized spacial score (nSPS) is 18.2. The van der Waals surface area contributed by atoms with E-state index in [1.165, 1.54) is 0 Å². The molecule has 0 saturated carbocycles. The highest BCUT2D eigenvalue weighted by atomic mass is 19.4. The average molecular weight is 396 g/mol. The van der Waals surface area contributed by atoms with Crippen molar-refractivity contribution in [1.29, 1.82) is 0 Å². The van der Waals surface area contributed by atoms with E-state index in [0.29, 0.717) is 30.4 Å². The van der Waals surface area contributed by atoms with Crippen LogP contribution in [0.15, 0.2) is 18.1 Å². The van der Waals surface area contributed by atoms with E-state index in [1.54, 1.807) is 15.7 Å². The topological polar surface area (TPSA) is 64.8 Å². The zero-order valence-electron chi connectivity index (χ0n) is 15.9. The van der Waals surface area contributed by atoms with Gasteiger partial charge in [-0.15, -0.1) is 10.2 Å². The summed E-state index contributed by atoms with van der Waals surface area (Å²) in [7, 11) is 0. The smallest absolute Gasteiger partial charge is 0.356 e. The molecule has 2 aliphatic heterocycles. The molecule has 28 heavy (non-hydrogen) atoms. The molecule has 0 amide bonds. The number of alkyl halides is 3. The predicted octanol–water partition coefficient (Wildman–Crippen LogP) is 1.78. The molecule has 2 aromatic rings. The number of likely N-dealkylation sites (tertiary alicyclic amines) is 1. The van der Waals surface area contributed by atoms with Crippen LogP contribution in [0.2, 0.25) is 0 Å². The summed E-state index contributed by atoms with van der Waals surface area (Å²) >= 11 is 0. The Bertz CT molecular complexity index is 884. The minimum atomic E-state index is -4.31. The third kappa shape index (κ3) is 3.98. The first kappa shape index (κ1) is 18.8. The fraction of sp³-hybridized carbons (Fsp3) is 0.588. The van der Waals surface area contributed by atoms with Crippen molar-refractivity contribution in [2.24, 2.45) is 0 Å². The monoisotopic (exact) mass is 396 g/mol. The van der Waals surface area contributed by atoms with Crippen LogP contribution in [-0.4, -0.2) is 67.0 Å². The molecule has 1 fully saturated rings. The van der Waals surface area contributed by atoms with Gasteiger partial charge in [-0.1, -0.05) is 0 Å². The zero-order chi connectivity index (χ0) is 19.9. The maximum atomic E-state index is 13.0. The maximum Gasteiger partial charge on any atom is 0.405 e. The lowest BCUT2D eigenvalue weighted by Gasteiger charge is -2.29. The van der Waals surface area contributed by atoms with Gasteiger partial charge in [-0.05, 0) is 32.8 Å². The fourth-order valence-corrected chi connectivity index (χ4v) is 3.56. The van der Waals surface area contributed by atoms with Gasteiger partial charge in [-0.2, -0.15) is 18.2 Å². The Balaban J connectivity index is 1.49. The Labute approximate surface area is 160 Å². The minimum absolute atomic E-state index is 0.329. The standard InChI is InChI=1S/C17H23F3N8/c1-12-9-13(2)28-16(21-12)22-14(23-28)5-8-26-10-15(25-6-3-4-7-25)24-27(26)11-17(18,19)20/h9-10,24H,3-8,11H2,1-2H3. The van der Waals surface area contributed by atoms with Gasteiger partial charge in [0, 0.05) is 37.4 Å². The van der Waals surface area contributed by atoms with E-state index in [0.717, 1.165) is 42.4 Å². The van der Waals surface area contributed by atoms with Crippen molar-refractivity contribution in [3.63, 3.8) is 0 Å². The third-order valence-electron chi connectivity index (χ3n) is 4.83. The average Bonchev–Trinajstić information content (AvgIpc) is 3.30. The molecule has 4 rings (SSSR count). The Hall–Kier alpha value is -2.56. The van der Waals surface area contributed by atoms with E-state index >= 15 is 0 Å². The van der Waals surface area contributed by atoms with E-state index in [1.807, 2.05) is 19.9 Å². The van der Waals surface area contributed by atoms with Crippen molar-refractivity contribution < 1.29 is 13.2 Å². The number of hydrogen-bond donors (Lipinski definition) is 1. The quantitative estimate of drug-likeness (QED) is 0.827. The van der Waals surface area contributed by atoms with Crippen LogP contribution < -0.4 is 5.43 Å². The summed E-state index contributed by atoms with van der Waals surface area (Å²) in [6.45, 7) is 4.77. The van der Waals surface area contributed by atoms with Crippen LogP contribution in [0.3, 0.4) is 0 Å². The summed E-state index contributed by atoms with van der Waals surface area (Å²) in [6, 6.07) is 1.91. The number of aromatic nitrogens is 4. The number of hydrogen-bond acceptors (Lipinski definition) is 7. The molecule has 0 atom stereocenters. The van der Waals surface area contributed by atoms with Crippen LogP contribution in [0.5, 0.6) is 0 Å². The molecule has 0 radical (unpaired) electrons. The molecule has 0 aliphatic carbocycles. The van der Waals surface area contributed by atoms with E-state index in [9.17, 15) is 13.2 Å². The van der Waals surface area contributed by atoms with Gasteiger partial charge in [0.05, 0.1) is 6.20 Å². The molecule has 1 saturated heterocycles. The second kappa shape index (κ2) is 7.12. The first-order valence-corrected chi connectivity index (χ1v) is 9.33. The molecular weight excluding hydrogens is 373 g/mol. The van der Waals surface area contributed by atoms with Crippen molar-refractivity contribution in [2.75, 3.05) is 26.2 Å². The molecule has 2 aromatic heterocycles. The maximum absolute atomic E-state index is 13.0. The number of aryl methyl sites for hydroxylation is 2. The molecule has 0 unspecified atom stereocenters. The summed E-state index contributed by atoms with van der Waals surface area (Å²) in [5, 5.41) is 7.10. The lowest BCUT2D eigenvalue weighted by Crippen LogP contribution is -2.49. The Morgan fingerprint density at radius 1 is 1.14 bits per heavy atom. The molecule has 152 valence electrons. The van der Waals surface area contributed by atoms with Gasteiger partial charge in [0.25, 0.3) is 5.78 Å². The number of rotatable bonds is 5. The number of nitrogens with zero attached hydrogens (tertiary/aromatic N) is 7. The van der Waals surface area contributed by atoms with Crippen LogP contribution in [0.4, 0.5) is 13.2 Å². The Morgan fingerprint density at radius 2 is 1.89 bits per heavy atom. The van der Waals surface area contributed by atoms with E-state index < -0.39 is 12.7 Å². The molecule has 2 aliphatic rings. The van der Waals surface area contributed by atoms with Crippen LogP contribution in [0.25, 0.3) is 5.78 Å². The van der Waals surface area contributed by atoms with Crippen molar-refractivity contribution in [3.05, 3.63) is 35.3 Å². The second-order valence-corrected chi connectivity index (χ2v) is 7.18. The first-order valence-electron chi connectivity index (χ1n) is 9.33. The molecular formula is C17H23F3N8. The Kier molecular flexibility index (Phi) is 4.77. The van der Waals surface area contributed by atoms with Crippen LogP contribution >= 0.6 is 0 Å². The summed E-state index contributed by atoms with van der Waals surface area (Å²) in [5.41, 5.74) is 4.65. The minimum Gasteiger partial charge on any atom is -0.356 e. The number of nitrogens with one attached hydrogen (secondary N) is 1. The van der Waals surface area contributed by atoms with Crippen LogP contribution in [0.1, 0.15) is 30.1 Å². The lowest BCUT2D eigenvalue weighted by molar-refractivity contribution is -0.179. The third-order valence-corrected chi connectivity index (χ3v) is 4.83. The summed E-state index contributed by atoms with van der Waals surface area (Å²) < 4.78 is 40.6. The number of halogens is 3. The van der Waals surface area contributed by atoms with Gasteiger partial charge in [0.2, 0.25) is 0 Å². The van der Waals surface area contributed by atoms with Crippen molar-refractivity contribution >= 4 is 5.78 Å². The molecule has 0 aromatic carbocycles. The molecule has 4 heterocycles. The highest BCUT2D eigenvalue weighted by Crippen LogP contribution is 2.23.